The van der Waals surface area contributed by atoms with Crippen LogP contribution in [0.15, 0.2) is 0 Å². The van der Waals surface area contributed by atoms with Crippen LogP contribution in [0.3, 0.4) is 0 Å². The Bertz CT molecular complexity index is 210. The van der Waals surface area contributed by atoms with Crippen LogP contribution in [0.5, 0.6) is 0 Å². The highest BCUT2D eigenvalue weighted by molar-refractivity contribution is 4.86. The molecule has 1 saturated heterocycles. The van der Waals surface area contributed by atoms with E-state index in [0.717, 1.165) is 32.4 Å². The number of methoxy groups -OCH3 is 1. The molecule has 3 nitrogen and oxygen atoms in total. The van der Waals surface area contributed by atoms with E-state index < -0.39 is 0 Å². The first-order valence-electron chi connectivity index (χ1n) is 6.76. The number of likely N-dealkylation sites (tertiary alicyclic amines) is 1. The summed E-state index contributed by atoms with van der Waals surface area (Å²) in [6.07, 6.45) is 8.65. The fourth-order valence-corrected chi connectivity index (χ4v) is 3.12. The molecule has 1 saturated carbocycles. The molecule has 3 atom stereocenters. The van der Waals surface area contributed by atoms with Crippen LogP contribution in [0.4, 0.5) is 0 Å². The van der Waals surface area contributed by atoms with Crippen LogP contribution in [0.25, 0.3) is 0 Å². The van der Waals surface area contributed by atoms with Crippen molar-refractivity contribution in [3.8, 4) is 0 Å². The van der Waals surface area contributed by atoms with Gasteiger partial charge in [-0.2, -0.15) is 0 Å². The van der Waals surface area contributed by atoms with Gasteiger partial charge in [0.1, 0.15) is 0 Å². The maximum Gasteiger partial charge on any atom is 0.0710 e. The molecular formula is C13H25NO2. The Morgan fingerprint density at radius 2 is 1.81 bits per heavy atom. The van der Waals surface area contributed by atoms with Crippen molar-refractivity contribution in [1.82, 2.24) is 4.90 Å². The van der Waals surface area contributed by atoms with Crippen molar-refractivity contribution in [1.29, 1.82) is 0 Å². The van der Waals surface area contributed by atoms with Crippen LogP contribution in [-0.4, -0.2) is 48.5 Å². The van der Waals surface area contributed by atoms with Gasteiger partial charge in [0.25, 0.3) is 0 Å². The highest BCUT2D eigenvalue weighted by atomic mass is 16.5. The van der Waals surface area contributed by atoms with Crippen molar-refractivity contribution in [2.45, 2.75) is 63.2 Å². The van der Waals surface area contributed by atoms with Gasteiger partial charge in [-0.15, -0.1) is 0 Å². The summed E-state index contributed by atoms with van der Waals surface area (Å²) >= 11 is 0. The summed E-state index contributed by atoms with van der Waals surface area (Å²) in [6, 6.07) is 0.389. The number of hydrogen-bond donors (Lipinski definition) is 1. The predicted octanol–water partition coefficient (Wildman–Crippen LogP) is 1.79. The van der Waals surface area contributed by atoms with Crippen LogP contribution in [0, 0.1) is 0 Å². The molecule has 3 heteroatoms. The standard InChI is InChI=1S/C13H25NO2/c1-16-11-8-9-14(10-11)12-6-4-2-3-5-7-13(12)15/h11-13,15H,2-10H2,1H3. The van der Waals surface area contributed by atoms with E-state index in [2.05, 4.69) is 4.90 Å². The molecule has 0 aromatic carbocycles. The first-order valence-corrected chi connectivity index (χ1v) is 6.76. The van der Waals surface area contributed by atoms with Gasteiger partial charge in [-0.3, -0.25) is 4.90 Å². The molecule has 0 aromatic rings. The number of aliphatic hydroxyl groups is 1. The van der Waals surface area contributed by atoms with Gasteiger partial charge < -0.3 is 9.84 Å². The third-order valence-corrected chi connectivity index (χ3v) is 4.17. The van der Waals surface area contributed by atoms with E-state index >= 15 is 0 Å². The molecule has 0 aromatic heterocycles. The molecule has 3 unspecified atom stereocenters. The Morgan fingerprint density at radius 3 is 2.50 bits per heavy atom. The fraction of sp³-hybridized carbons (Fsp3) is 1.00. The Morgan fingerprint density at radius 1 is 1.06 bits per heavy atom. The van der Waals surface area contributed by atoms with Crippen molar-refractivity contribution in [2.75, 3.05) is 20.2 Å². The zero-order valence-electron chi connectivity index (χ0n) is 10.4. The molecule has 1 aliphatic carbocycles. The van der Waals surface area contributed by atoms with E-state index in [0.29, 0.717) is 12.1 Å². The lowest BCUT2D eigenvalue weighted by molar-refractivity contribution is 0.0315. The van der Waals surface area contributed by atoms with E-state index in [9.17, 15) is 5.11 Å². The number of hydrogen-bond acceptors (Lipinski definition) is 3. The third-order valence-electron chi connectivity index (χ3n) is 4.17. The first-order chi connectivity index (χ1) is 7.81. The lowest BCUT2D eigenvalue weighted by atomic mass is 9.93. The van der Waals surface area contributed by atoms with Gasteiger partial charge in [-0.25, -0.2) is 0 Å². The zero-order chi connectivity index (χ0) is 11.4. The molecule has 2 aliphatic rings. The van der Waals surface area contributed by atoms with E-state index in [1.54, 1.807) is 7.11 Å². The van der Waals surface area contributed by atoms with E-state index in [1.807, 2.05) is 0 Å². The Labute approximate surface area is 98.8 Å². The largest absolute Gasteiger partial charge is 0.391 e. The summed E-state index contributed by atoms with van der Waals surface area (Å²) in [5.41, 5.74) is 0. The van der Waals surface area contributed by atoms with Crippen molar-refractivity contribution in [3.05, 3.63) is 0 Å². The van der Waals surface area contributed by atoms with Crippen LogP contribution in [0.1, 0.15) is 44.9 Å². The molecule has 0 bridgehead atoms. The SMILES string of the molecule is COC1CCN(C2CCCCCCC2O)C1. The average Bonchev–Trinajstić information content (AvgIpc) is 2.72. The maximum atomic E-state index is 10.2. The molecule has 1 heterocycles. The second-order valence-electron chi connectivity index (χ2n) is 5.27. The van der Waals surface area contributed by atoms with E-state index in [-0.39, 0.29) is 6.10 Å². The lowest BCUT2D eigenvalue weighted by Gasteiger charge is -2.33. The average molecular weight is 227 g/mol. The molecule has 1 N–H and O–H groups in total. The summed E-state index contributed by atoms with van der Waals surface area (Å²) in [6.45, 7) is 2.11. The van der Waals surface area contributed by atoms with Gasteiger partial charge in [-0.05, 0) is 19.3 Å². The molecule has 1 aliphatic heterocycles. The quantitative estimate of drug-likeness (QED) is 0.780. The van der Waals surface area contributed by atoms with Gasteiger partial charge in [0.05, 0.1) is 12.2 Å². The number of ether oxygens (including phenoxy) is 1. The molecule has 16 heavy (non-hydrogen) atoms. The van der Waals surface area contributed by atoms with Crippen molar-refractivity contribution < 1.29 is 9.84 Å². The molecular weight excluding hydrogens is 202 g/mol. The molecule has 94 valence electrons. The van der Waals surface area contributed by atoms with Crippen molar-refractivity contribution >= 4 is 0 Å². The fourth-order valence-electron chi connectivity index (χ4n) is 3.12. The van der Waals surface area contributed by atoms with Crippen LogP contribution in [0.2, 0.25) is 0 Å². The molecule has 2 fully saturated rings. The summed E-state index contributed by atoms with van der Waals surface area (Å²) in [5.74, 6) is 0. The Balaban J connectivity index is 1.89. The zero-order valence-corrected chi connectivity index (χ0v) is 10.4. The number of nitrogens with zero attached hydrogens (tertiary/aromatic N) is 1. The molecule has 2 rings (SSSR count). The van der Waals surface area contributed by atoms with Crippen LogP contribution < -0.4 is 0 Å². The second-order valence-corrected chi connectivity index (χ2v) is 5.27. The third kappa shape index (κ3) is 2.96. The highest BCUT2D eigenvalue weighted by Crippen LogP contribution is 2.25. The number of rotatable bonds is 2. The minimum atomic E-state index is -0.115. The normalized spacial score (nSPS) is 38.2. The summed E-state index contributed by atoms with van der Waals surface area (Å²) in [7, 11) is 1.79. The summed E-state index contributed by atoms with van der Waals surface area (Å²) < 4.78 is 5.40. The van der Waals surface area contributed by atoms with Gasteiger partial charge in [0, 0.05) is 26.2 Å². The van der Waals surface area contributed by atoms with E-state index in [1.165, 1.54) is 25.7 Å². The molecule has 0 spiro atoms. The van der Waals surface area contributed by atoms with Crippen molar-refractivity contribution in [3.63, 3.8) is 0 Å². The summed E-state index contributed by atoms with van der Waals surface area (Å²) in [5, 5.41) is 10.2. The van der Waals surface area contributed by atoms with Gasteiger partial charge >= 0.3 is 0 Å². The monoisotopic (exact) mass is 227 g/mol. The maximum absolute atomic E-state index is 10.2. The van der Waals surface area contributed by atoms with E-state index in [4.69, 9.17) is 4.74 Å². The second kappa shape index (κ2) is 5.99. The molecule has 0 radical (unpaired) electrons. The smallest absolute Gasteiger partial charge is 0.0710 e. The number of aliphatic hydroxyl groups excluding tert-OH is 1. The van der Waals surface area contributed by atoms with Gasteiger partial charge in [-0.1, -0.05) is 25.7 Å². The first kappa shape index (κ1) is 12.3. The van der Waals surface area contributed by atoms with Crippen molar-refractivity contribution in [2.24, 2.45) is 0 Å². The topological polar surface area (TPSA) is 32.7 Å². The van der Waals surface area contributed by atoms with Gasteiger partial charge in [0.2, 0.25) is 0 Å². The molecule has 0 amide bonds. The minimum Gasteiger partial charge on any atom is -0.391 e. The van der Waals surface area contributed by atoms with Gasteiger partial charge in [0.15, 0.2) is 0 Å². The van der Waals surface area contributed by atoms with Crippen LogP contribution in [-0.2, 0) is 4.74 Å². The predicted molar refractivity (Wildman–Crippen MR) is 64.5 cm³/mol. The summed E-state index contributed by atoms with van der Waals surface area (Å²) in [4.78, 5) is 2.45. The highest BCUT2D eigenvalue weighted by Gasteiger charge is 2.32. The Kier molecular flexibility index (Phi) is 4.62. The lowest BCUT2D eigenvalue weighted by Crippen LogP contribution is -2.43. The van der Waals surface area contributed by atoms with Crippen LogP contribution >= 0.6 is 0 Å². The Hall–Kier alpha value is -0.120. The minimum absolute atomic E-state index is 0.115.